The van der Waals surface area contributed by atoms with E-state index in [1.807, 2.05) is 25.1 Å². The molecule has 0 fully saturated rings. The molecule has 0 saturated carbocycles. The number of nitrogens with one attached hydrogen (secondary N) is 1. The molecule has 160 valence electrons. The molecule has 1 N–H and O–H groups in total. The van der Waals surface area contributed by atoms with Gasteiger partial charge in [-0.3, -0.25) is 14.8 Å². The van der Waals surface area contributed by atoms with Gasteiger partial charge in [-0.05, 0) is 41.8 Å². The van der Waals surface area contributed by atoms with Crippen molar-refractivity contribution >= 4 is 29.9 Å². The lowest BCUT2D eigenvalue weighted by atomic mass is 10.1. The quantitative estimate of drug-likeness (QED) is 0.599. The first-order chi connectivity index (χ1) is 14.8. The molecule has 2 heterocycles. The number of fused-ring (bicyclic) bond motifs is 1. The summed E-state index contributed by atoms with van der Waals surface area (Å²) in [6, 6.07) is 6.26. The Morgan fingerprint density at radius 1 is 1.19 bits per heavy atom. The molecular formula is C21H19F3N6O. The number of guanidine groups is 2. The van der Waals surface area contributed by atoms with Crippen LogP contribution >= 0.6 is 0 Å². The minimum absolute atomic E-state index is 0.111. The fourth-order valence-corrected chi connectivity index (χ4v) is 3.51. The second-order valence-corrected chi connectivity index (χ2v) is 7.19. The Morgan fingerprint density at radius 2 is 1.90 bits per heavy atom. The number of hydrogen-bond acceptors (Lipinski definition) is 5. The lowest BCUT2D eigenvalue weighted by Gasteiger charge is -2.35. The highest BCUT2D eigenvalue weighted by Gasteiger charge is 2.40. The zero-order valence-electron chi connectivity index (χ0n) is 17.0. The van der Waals surface area contributed by atoms with Crippen LogP contribution < -0.4 is 5.32 Å². The van der Waals surface area contributed by atoms with Crippen LogP contribution in [0.3, 0.4) is 0 Å². The first kappa shape index (κ1) is 20.6. The summed E-state index contributed by atoms with van der Waals surface area (Å²) in [4.78, 5) is 27.7. The van der Waals surface area contributed by atoms with E-state index in [1.165, 1.54) is 11.9 Å². The minimum Gasteiger partial charge on any atom is -0.325 e. The molecule has 0 aromatic heterocycles. The summed E-state index contributed by atoms with van der Waals surface area (Å²) >= 11 is 0. The number of benzene rings is 2. The lowest BCUT2D eigenvalue weighted by Crippen LogP contribution is -2.53. The van der Waals surface area contributed by atoms with Gasteiger partial charge in [-0.15, -0.1) is 0 Å². The third kappa shape index (κ3) is 3.65. The van der Waals surface area contributed by atoms with E-state index in [-0.39, 0.29) is 24.0 Å². The van der Waals surface area contributed by atoms with Gasteiger partial charge in [0.05, 0.1) is 12.6 Å². The fourth-order valence-electron chi connectivity index (χ4n) is 3.51. The van der Waals surface area contributed by atoms with Crippen molar-refractivity contribution in [1.29, 1.82) is 0 Å². The van der Waals surface area contributed by atoms with Crippen molar-refractivity contribution in [2.24, 2.45) is 15.0 Å². The molecule has 0 spiro atoms. The molecule has 2 aliphatic heterocycles. The molecule has 1 unspecified atom stereocenters. The van der Waals surface area contributed by atoms with E-state index in [0.29, 0.717) is 5.69 Å². The van der Waals surface area contributed by atoms with E-state index in [0.717, 1.165) is 23.3 Å². The number of urea groups is 1. The van der Waals surface area contributed by atoms with Crippen molar-refractivity contribution in [2.75, 3.05) is 26.0 Å². The van der Waals surface area contributed by atoms with Crippen LogP contribution in [0, 0.1) is 24.4 Å². The van der Waals surface area contributed by atoms with Gasteiger partial charge in [-0.1, -0.05) is 12.1 Å². The summed E-state index contributed by atoms with van der Waals surface area (Å²) in [6.45, 7) is 1.99. The number of aliphatic imine (C=N–C) groups is 3. The van der Waals surface area contributed by atoms with Crippen LogP contribution in [-0.2, 0) is 0 Å². The van der Waals surface area contributed by atoms with E-state index in [1.54, 1.807) is 18.2 Å². The summed E-state index contributed by atoms with van der Waals surface area (Å²) in [6.07, 6.45) is 1.68. The molecule has 2 aromatic carbocycles. The van der Waals surface area contributed by atoms with E-state index in [9.17, 15) is 18.0 Å². The number of nitrogens with zero attached hydrogens (tertiary/aromatic N) is 5. The van der Waals surface area contributed by atoms with Crippen LogP contribution in [0.25, 0.3) is 0 Å². The first-order valence-corrected chi connectivity index (χ1v) is 9.44. The molecule has 2 aliphatic rings. The van der Waals surface area contributed by atoms with Crippen molar-refractivity contribution in [3.63, 3.8) is 0 Å². The van der Waals surface area contributed by atoms with Gasteiger partial charge in [0.2, 0.25) is 11.9 Å². The van der Waals surface area contributed by atoms with Gasteiger partial charge in [-0.25, -0.2) is 23.0 Å². The molecule has 10 heteroatoms. The van der Waals surface area contributed by atoms with Gasteiger partial charge < -0.3 is 5.32 Å². The minimum atomic E-state index is -1.54. The van der Waals surface area contributed by atoms with E-state index >= 15 is 0 Å². The molecule has 0 radical (unpaired) electrons. The van der Waals surface area contributed by atoms with E-state index in [2.05, 4.69) is 20.3 Å². The summed E-state index contributed by atoms with van der Waals surface area (Å²) in [5, 5.41) is 3.14. The Balaban J connectivity index is 1.75. The largest absolute Gasteiger partial charge is 0.353 e. The molecule has 4 rings (SSSR count). The molecule has 2 aromatic rings. The second-order valence-electron chi connectivity index (χ2n) is 7.19. The predicted molar refractivity (Wildman–Crippen MR) is 112 cm³/mol. The number of carbonyl (C=O) groups is 1. The summed E-state index contributed by atoms with van der Waals surface area (Å²) < 4.78 is 41.2. The standard InChI is InChI=1S/C21H19F3N6O/c1-11-4-5-12(9-25-2)6-16(11)27-19-28-21(31)29(3)20-26-10-17(30(19)20)13-7-14(22)18(24)15(23)8-13/h4-9,17H,10H2,1-3H3,(H,27,28,31)/b25-9-. The third-order valence-corrected chi connectivity index (χ3v) is 5.13. The molecule has 31 heavy (non-hydrogen) atoms. The van der Waals surface area contributed by atoms with Crippen molar-refractivity contribution in [3.05, 3.63) is 64.5 Å². The fraction of sp³-hybridized carbons (Fsp3) is 0.238. The lowest BCUT2D eigenvalue weighted by molar-refractivity contribution is 0.230. The van der Waals surface area contributed by atoms with Crippen molar-refractivity contribution in [3.8, 4) is 0 Å². The SMILES string of the molecule is C/N=C\c1ccc(C)c(NC2=NC(=O)N(C)C3=NCC(c4cc(F)c(F)c(F)c4)N23)c1. The summed E-state index contributed by atoms with van der Waals surface area (Å²) in [7, 11) is 3.16. The van der Waals surface area contributed by atoms with Crippen LogP contribution in [0.1, 0.15) is 22.7 Å². The number of hydrogen-bond donors (Lipinski definition) is 1. The Morgan fingerprint density at radius 3 is 2.58 bits per heavy atom. The molecule has 2 amide bonds. The number of halogens is 3. The zero-order valence-corrected chi connectivity index (χ0v) is 17.0. The van der Waals surface area contributed by atoms with Crippen molar-refractivity contribution in [1.82, 2.24) is 9.80 Å². The zero-order chi connectivity index (χ0) is 22.3. The summed E-state index contributed by atoms with van der Waals surface area (Å²) in [5.74, 6) is -3.69. The van der Waals surface area contributed by atoms with Crippen LogP contribution in [0.15, 0.2) is 45.3 Å². The number of rotatable bonds is 3. The Labute approximate surface area is 176 Å². The molecule has 1 atom stereocenters. The predicted octanol–water partition coefficient (Wildman–Crippen LogP) is 3.71. The Bertz CT molecular complexity index is 1140. The monoisotopic (exact) mass is 428 g/mol. The molecule has 0 saturated heterocycles. The van der Waals surface area contributed by atoms with E-state index < -0.39 is 29.5 Å². The molecule has 7 nitrogen and oxygen atoms in total. The van der Waals surface area contributed by atoms with Gasteiger partial charge >= 0.3 is 6.03 Å². The maximum absolute atomic E-state index is 13.9. The van der Waals surface area contributed by atoms with Gasteiger partial charge in [0, 0.05) is 26.0 Å². The van der Waals surface area contributed by atoms with Crippen molar-refractivity contribution in [2.45, 2.75) is 13.0 Å². The van der Waals surface area contributed by atoms with Crippen molar-refractivity contribution < 1.29 is 18.0 Å². The molecular weight excluding hydrogens is 409 g/mol. The van der Waals surface area contributed by atoms with E-state index in [4.69, 9.17) is 0 Å². The maximum atomic E-state index is 13.9. The summed E-state index contributed by atoms with van der Waals surface area (Å²) in [5.41, 5.74) is 2.58. The Kier molecular flexibility index (Phi) is 5.22. The van der Waals surface area contributed by atoms with Crippen LogP contribution in [0.2, 0.25) is 0 Å². The van der Waals surface area contributed by atoms with Crippen LogP contribution in [0.5, 0.6) is 0 Å². The Hall–Kier alpha value is -3.69. The smallest absolute Gasteiger partial charge is 0.325 e. The number of aryl methyl sites for hydroxylation is 1. The normalized spacial score (nSPS) is 18.4. The number of carbonyl (C=O) groups excluding carboxylic acids is 1. The van der Waals surface area contributed by atoms with Gasteiger partial charge in [0.15, 0.2) is 17.5 Å². The number of amides is 2. The van der Waals surface area contributed by atoms with Gasteiger partial charge in [0.1, 0.15) is 0 Å². The average Bonchev–Trinajstić information content (AvgIpc) is 3.18. The van der Waals surface area contributed by atoms with Crippen LogP contribution in [0.4, 0.5) is 23.7 Å². The first-order valence-electron chi connectivity index (χ1n) is 9.44. The molecule has 0 aliphatic carbocycles. The number of anilines is 1. The van der Waals surface area contributed by atoms with Gasteiger partial charge in [0.25, 0.3) is 0 Å². The highest BCUT2D eigenvalue weighted by Crippen LogP contribution is 2.32. The molecule has 0 bridgehead atoms. The van der Waals surface area contributed by atoms with Crippen LogP contribution in [-0.4, -0.2) is 54.6 Å². The second kappa shape index (κ2) is 7.86. The highest BCUT2D eigenvalue weighted by molar-refractivity contribution is 6.17. The average molecular weight is 428 g/mol. The maximum Gasteiger partial charge on any atom is 0.353 e. The van der Waals surface area contributed by atoms with Gasteiger partial charge in [-0.2, -0.15) is 4.99 Å². The third-order valence-electron chi connectivity index (χ3n) is 5.13. The highest BCUT2D eigenvalue weighted by atomic mass is 19.2. The topological polar surface area (TPSA) is 72.7 Å².